The zero-order valence-electron chi connectivity index (χ0n) is 6.87. The quantitative estimate of drug-likeness (QED) is 0.628. The molecular formula is C8H8N2OS. The zero-order valence-corrected chi connectivity index (χ0v) is 7.68. The number of hydrogen-bond acceptors (Lipinski definition) is 3. The number of nitrogens with zero attached hydrogens (tertiary/aromatic N) is 2. The summed E-state index contributed by atoms with van der Waals surface area (Å²) in [6.45, 7) is 3.43. The van der Waals surface area contributed by atoms with Crippen molar-refractivity contribution < 1.29 is 4.79 Å². The number of aromatic nitrogens is 2. The van der Waals surface area contributed by atoms with E-state index >= 15 is 0 Å². The van der Waals surface area contributed by atoms with E-state index in [1.54, 1.807) is 22.8 Å². The predicted octanol–water partition coefficient (Wildman–Crippen LogP) is 1.91. The molecule has 4 heteroatoms. The molecule has 0 radical (unpaired) electrons. The van der Waals surface area contributed by atoms with Crippen LogP contribution in [-0.2, 0) is 0 Å². The molecule has 2 heterocycles. The van der Waals surface area contributed by atoms with Crippen molar-refractivity contribution in [3.63, 3.8) is 0 Å². The number of carbonyl (C=O) groups is 1. The van der Waals surface area contributed by atoms with Crippen molar-refractivity contribution in [1.29, 1.82) is 0 Å². The van der Waals surface area contributed by atoms with Gasteiger partial charge in [-0.05, 0) is 13.8 Å². The SMILES string of the molecule is CC(=O)c1c(C)nn2ccsc12. The third kappa shape index (κ3) is 0.881. The summed E-state index contributed by atoms with van der Waals surface area (Å²) in [5.74, 6) is 0.0879. The molecule has 0 aliphatic rings. The molecule has 2 rings (SSSR count). The average Bonchev–Trinajstić information content (AvgIpc) is 2.44. The van der Waals surface area contributed by atoms with E-state index in [4.69, 9.17) is 0 Å². The van der Waals surface area contributed by atoms with E-state index in [1.165, 1.54) is 0 Å². The normalized spacial score (nSPS) is 10.8. The molecule has 0 aliphatic carbocycles. The first-order valence-corrected chi connectivity index (χ1v) is 4.51. The van der Waals surface area contributed by atoms with Gasteiger partial charge in [-0.3, -0.25) is 4.79 Å². The molecule has 0 amide bonds. The molecule has 0 aromatic carbocycles. The van der Waals surface area contributed by atoms with Gasteiger partial charge in [0.25, 0.3) is 0 Å². The number of ketones is 1. The van der Waals surface area contributed by atoms with E-state index in [1.807, 2.05) is 18.5 Å². The Morgan fingerprint density at radius 3 is 3.08 bits per heavy atom. The standard InChI is InChI=1S/C8H8N2OS/c1-5-7(6(2)11)8-10(9-5)3-4-12-8/h3-4H,1-2H3. The molecule has 2 aromatic rings. The van der Waals surface area contributed by atoms with Gasteiger partial charge in [-0.25, -0.2) is 4.52 Å². The van der Waals surface area contributed by atoms with Crippen molar-refractivity contribution in [1.82, 2.24) is 9.61 Å². The van der Waals surface area contributed by atoms with E-state index in [0.717, 1.165) is 16.1 Å². The topological polar surface area (TPSA) is 34.4 Å². The van der Waals surface area contributed by atoms with Crippen LogP contribution in [0.1, 0.15) is 23.0 Å². The van der Waals surface area contributed by atoms with Gasteiger partial charge in [-0.2, -0.15) is 5.10 Å². The van der Waals surface area contributed by atoms with E-state index in [-0.39, 0.29) is 5.78 Å². The van der Waals surface area contributed by atoms with Gasteiger partial charge in [0.2, 0.25) is 0 Å². The minimum absolute atomic E-state index is 0.0879. The Morgan fingerprint density at radius 1 is 1.67 bits per heavy atom. The number of aryl methyl sites for hydroxylation is 1. The molecule has 0 N–H and O–H groups in total. The Balaban J connectivity index is 2.84. The van der Waals surface area contributed by atoms with Crippen LogP contribution >= 0.6 is 11.3 Å². The Labute approximate surface area is 73.6 Å². The van der Waals surface area contributed by atoms with Crippen LogP contribution in [0.3, 0.4) is 0 Å². The summed E-state index contributed by atoms with van der Waals surface area (Å²) in [4.78, 5) is 12.1. The number of thiazole rings is 1. The van der Waals surface area contributed by atoms with Gasteiger partial charge in [-0.15, -0.1) is 11.3 Å². The van der Waals surface area contributed by atoms with Crippen LogP contribution in [0.5, 0.6) is 0 Å². The highest BCUT2D eigenvalue weighted by Crippen LogP contribution is 2.20. The van der Waals surface area contributed by atoms with Gasteiger partial charge >= 0.3 is 0 Å². The van der Waals surface area contributed by atoms with Crippen molar-refractivity contribution in [3.05, 3.63) is 22.8 Å². The summed E-state index contributed by atoms with van der Waals surface area (Å²) < 4.78 is 1.75. The Hall–Kier alpha value is -1.16. The number of Topliss-reactive ketones (excluding diaryl/α,β-unsaturated/α-hetero) is 1. The van der Waals surface area contributed by atoms with Gasteiger partial charge < -0.3 is 0 Å². The molecule has 0 atom stereocenters. The third-order valence-electron chi connectivity index (χ3n) is 1.78. The van der Waals surface area contributed by atoms with Crippen LogP contribution in [0.15, 0.2) is 11.6 Å². The second-order valence-electron chi connectivity index (χ2n) is 2.67. The molecule has 0 aliphatic heterocycles. The maximum Gasteiger partial charge on any atom is 0.164 e. The first kappa shape index (κ1) is 7.49. The summed E-state index contributed by atoms with van der Waals surface area (Å²) in [6, 6.07) is 0. The first-order chi connectivity index (χ1) is 5.70. The third-order valence-corrected chi connectivity index (χ3v) is 2.65. The lowest BCUT2D eigenvalue weighted by atomic mass is 10.2. The molecule has 62 valence electrons. The predicted molar refractivity (Wildman–Crippen MR) is 47.8 cm³/mol. The lowest BCUT2D eigenvalue weighted by Crippen LogP contribution is -1.91. The van der Waals surface area contributed by atoms with Gasteiger partial charge in [0.05, 0.1) is 11.3 Å². The molecule has 12 heavy (non-hydrogen) atoms. The minimum Gasteiger partial charge on any atom is -0.294 e. The Bertz CT molecular complexity index is 441. The van der Waals surface area contributed by atoms with Crippen LogP contribution in [0.25, 0.3) is 4.83 Å². The second-order valence-corrected chi connectivity index (χ2v) is 3.56. The Morgan fingerprint density at radius 2 is 2.42 bits per heavy atom. The van der Waals surface area contributed by atoms with Crippen LogP contribution in [-0.4, -0.2) is 15.4 Å². The largest absolute Gasteiger partial charge is 0.294 e. The number of carbonyl (C=O) groups excluding carboxylic acids is 1. The van der Waals surface area contributed by atoms with Crippen molar-refractivity contribution >= 4 is 22.0 Å². The van der Waals surface area contributed by atoms with Crippen molar-refractivity contribution in [3.8, 4) is 0 Å². The van der Waals surface area contributed by atoms with Crippen LogP contribution in [0.4, 0.5) is 0 Å². The molecule has 3 nitrogen and oxygen atoms in total. The van der Waals surface area contributed by atoms with Crippen molar-refractivity contribution in [2.75, 3.05) is 0 Å². The molecule has 0 unspecified atom stereocenters. The molecular weight excluding hydrogens is 172 g/mol. The zero-order chi connectivity index (χ0) is 8.72. The lowest BCUT2D eigenvalue weighted by molar-refractivity contribution is 0.101. The molecule has 0 fully saturated rings. The van der Waals surface area contributed by atoms with E-state index in [9.17, 15) is 4.79 Å². The summed E-state index contributed by atoms with van der Waals surface area (Å²) in [5, 5.41) is 6.13. The smallest absolute Gasteiger partial charge is 0.164 e. The van der Waals surface area contributed by atoms with Gasteiger partial charge in [0, 0.05) is 11.6 Å². The van der Waals surface area contributed by atoms with Gasteiger partial charge in [-0.1, -0.05) is 0 Å². The summed E-state index contributed by atoms with van der Waals surface area (Å²) in [5.41, 5.74) is 1.57. The van der Waals surface area contributed by atoms with Gasteiger partial charge in [0.1, 0.15) is 4.83 Å². The molecule has 0 saturated carbocycles. The van der Waals surface area contributed by atoms with Gasteiger partial charge in [0.15, 0.2) is 5.78 Å². The van der Waals surface area contributed by atoms with E-state index < -0.39 is 0 Å². The molecule has 0 spiro atoms. The maximum absolute atomic E-state index is 11.2. The van der Waals surface area contributed by atoms with Crippen LogP contribution in [0.2, 0.25) is 0 Å². The highest BCUT2D eigenvalue weighted by Gasteiger charge is 2.13. The summed E-state index contributed by atoms with van der Waals surface area (Å²) in [6.07, 6.45) is 1.86. The highest BCUT2D eigenvalue weighted by atomic mass is 32.1. The van der Waals surface area contributed by atoms with Crippen LogP contribution < -0.4 is 0 Å². The fraction of sp³-hybridized carbons (Fsp3) is 0.250. The Kier molecular flexibility index (Phi) is 1.51. The fourth-order valence-corrected chi connectivity index (χ4v) is 2.22. The first-order valence-electron chi connectivity index (χ1n) is 3.63. The lowest BCUT2D eigenvalue weighted by Gasteiger charge is -1.87. The molecule has 2 aromatic heterocycles. The van der Waals surface area contributed by atoms with Crippen molar-refractivity contribution in [2.24, 2.45) is 0 Å². The maximum atomic E-state index is 11.2. The summed E-state index contributed by atoms with van der Waals surface area (Å²) >= 11 is 1.54. The second kappa shape index (κ2) is 2.42. The van der Waals surface area contributed by atoms with Crippen LogP contribution in [0, 0.1) is 6.92 Å². The summed E-state index contributed by atoms with van der Waals surface area (Å²) in [7, 11) is 0. The average molecular weight is 180 g/mol. The number of rotatable bonds is 1. The van der Waals surface area contributed by atoms with E-state index in [0.29, 0.717) is 0 Å². The minimum atomic E-state index is 0.0879. The monoisotopic (exact) mass is 180 g/mol. The fourth-order valence-electron chi connectivity index (χ4n) is 1.30. The highest BCUT2D eigenvalue weighted by molar-refractivity contribution is 7.16. The molecule has 0 saturated heterocycles. The number of hydrogen-bond donors (Lipinski definition) is 0. The van der Waals surface area contributed by atoms with E-state index in [2.05, 4.69) is 5.10 Å². The number of fused-ring (bicyclic) bond motifs is 1. The van der Waals surface area contributed by atoms with Crippen molar-refractivity contribution in [2.45, 2.75) is 13.8 Å². The molecule has 0 bridgehead atoms.